The lowest BCUT2D eigenvalue weighted by Crippen LogP contribution is -2.48. The van der Waals surface area contributed by atoms with Gasteiger partial charge in [-0.1, -0.05) is 103 Å². The second-order valence-corrected chi connectivity index (χ2v) is 11.1. The summed E-state index contributed by atoms with van der Waals surface area (Å²) in [6.45, 7) is 5.70. The Balaban J connectivity index is 1.33. The van der Waals surface area contributed by atoms with Crippen LogP contribution in [0.4, 0.5) is 5.82 Å². The lowest BCUT2D eigenvalue weighted by atomic mass is 9.95. The normalized spacial score (nSPS) is 14.1. The Hall–Kier alpha value is -4.92. The molecule has 1 aliphatic heterocycles. The van der Waals surface area contributed by atoms with E-state index in [1.54, 1.807) is 0 Å². The number of piperazine rings is 1. The number of pyridine rings is 1. The molecule has 0 N–H and O–H groups in total. The molecular formula is C37H33N5. The van der Waals surface area contributed by atoms with Gasteiger partial charge in [0.2, 0.25) is 0 Å². The van der Waals surface area contributed by atoms with Crippen molar-refractivity contribution in [3.8, 4) is 6.07 Å². The molecule has 1 fully saturated rings. The van der Waals surface area contributed by atoms with Gasteiger partial charge in [-0.15, -0.1) is 0 Å². The minimum Gasteiger partial charge on any atom is -0.355 e. The van der Waals surface area contributed by atoms with Crippen LogP contribution < -0.4 is 4.90 Å². The third-order valence-electron chi connectivity index (χ3n) is 8.64. The fourth-order valence-corrected chi connectivity index (χ4v) is 6.58. The Bertz CT molecular complexity index is 1840. The number of imidazole rings is 1. The first kappa shape index (κ1) is 26.0. The Morgan fingerprint density at radius 1 is 0.738 bits per heavy atom. The minimum absolute atomic E-state index is 0.204. The van der Waals surface area contributed by atoms with Crippen LogP contribution in [0.5, 0.6) is 0 Å². The molecule has 2 aromatic heterocycles. The van der Waals surface area contributed by atoms with Crippen molar-refractivity contribution in [2.45, 2.75) is 19.4 Å². The zero-order valence-corrected chi connectivity index (χ0v) is 23.8. The lowest BCUT2D eigenvalue weighted by Gasteiger charge is -2.41. The van der Waals surface area contributed by atoms with Gasteiger partial charge < -0.3 is 4.90 Å². The van der Waals surface area contributed by atoms with E-state index < -0.39 is 0 Å². The van der Waals surface area contributed by atoms with Gasteiger partial charge in [0, 0.05) is 38.2 Å². The highest BCUT2D eigenvalue weighted by Gasteiger charge is 2.30. The number of benzene rings is 4. The van der Waals surface area contributed by atoms with Crippen LogP contribution in [-0.2, 0) is 6.42 Å². The van der Waals surface area contributed by atoms with Crippen LogP contribution in [0.15, 0.2) is 115 Å². The molecule has 42 heavy (non-hydrogen) atoms. The van der Waals surface area contributed by atoms with Crippen LogP contribution in [0.25, 0.3) is 16.7 Å². The fourth-order valence-electron chi connectivity index (χ4n) is 6.58. The molecule has 0 unspecified atom stereocenters. The van der Waals surface area contributed by atoms with Gasteiger partial charge in [0.05, 0.1) is 22.6 Å². The Morgan fingerprint density at radius 2 is 1.31 bits per heavy atom. The number of anilines is 1. The van der Waals surface area contributed by atoms with Crippen molar-refractivity contribution in [3.05, 3.63) is 149 Å². The molecule has 1 aliphatic rings. The summed E-state index contributed by atoms with van der Waals surface area (Å²) in [5.41, 5.74) is 9.46. The van der Waals surface area contributed by atoms with Crippen LogP contribution >= 0.6 is 0 Å². The van der Waals surface area contributed by atoms with E-state index in [1.807, 2.05) is 12.1 Å². The van der Waals surface area contributed by atoms with Crippen LogP contribution in [0.2, 0.25) is 0 Å². The Labute approximate surface area is 246 Å². The van der Waals surface area contributed by atoms with Crippen molar-refractivity contribution in [2.75, 3.05) is 31.1 Å². The van der Waals surface area contributed by atoms with E-state index in [2.05, 4.69) is 130 Å². The molecule has 5 heteroatoms. The topological polar surface area (TPSA) is 47.6 Å². The summed E-state index contributed by atoms with van der Waals surface area (Å²) in [7, 11) is 0. The molecule has 7 rings (SSSR count). The average Bonchev–Trinajstić information content (AvgIpc) is 3.43. The van der Waals surface area contributed by atoms with E-state index in [1.165, 1.54) is 22.3 Å². The van der Waals surface area contributed by atoms with Crippen LogP contribution in [-0.4, -0.2) is 40.5 Å². The summed E-state index contributed by atoms with van der Waals surface area (Å²) < 4.78 is 2.25. The number of rotatable bonds is 6. The van der Waals surface area contributed by atoms with Crippen LogP contribution in [0, 0.1) is 18.3 Å². The highest BCUT2D eigenvalue weighted by Crippen LogP contribution is 2.36. The highest BCUT2D eigenvalue weighted by atomic mass is 15.3. The molecule has 0 atom stereocenters. The molecule has 5 nitrogen and oxygen atoms in total. The maximum atomic E-state index is 10.3. The predicted octanol–water partition coefficient (Wildman–Crippen LogP) is 7.17. The van der Waals surface area contributed by atoms with Crippen molar-refractivity contribution >= 4 is 22.5 Å². The Kier molecular flexibility index (Phi) is 6.91. The zero-order valence-electron chi connectivity index (χ0n) is 23.8. The van der Waals surface area contributed by atoms with Crippen molar-refractivity contribution in [3.63, 3.8) is 0 Å². The SMILES string of the molecule is Cc1c(Cc2ccccc2)c(N2CCN(C(c3ccccc3)c3ccccc3)CC2)n2c(nc3ccccc32)c1C#N. The van der Waals surface area contributed by atoms with Gasteiger partial charge in [0.25, 0.3) is 0 Å². The first-order chi connectivity index (χ1) is 20.7. The molecule has 0 saturated carbocycles. The summed E-state index contributed by atoms with van der Waals surface area (Å²) in [6, 6.07) is 43.2. The summed E-state index contributed by atoms with van der Waals surface area (Å²) >= 11 is 0. The molecule has 0 aliphatic carbocycles. The minimum atomic E-state index is 0.204. The molecule has 0 radical (unpaired) electrons. The maximum absolute atomic E-state index is 10.3. The second-order valence-electron chi connectivity index (χ2n) is 11.1. The van der Waals surface area contributed by atoms with E-state index in [0.29, 0.717) is 5.56 Å². The zero-order chi connectivity index (χ0) is 28.5. The highest BCUT2D eigenvalue weighted by molar-refractivity contribution is 5.86. The van der Waals surface area contributed by atoms with Gasteiger partial charge in [-0.05, 0) is 41.3 Å². The van der Waals surface area contributed by atoms with Gasteiger partial charge in [0.15, 0.2) is 5.65 Å². The average molecular weight is 548 g/mol. The summed E-state index contributed by atoms with van der Waals surface area (Å²) in [4.78, 5) is 10.1. The molecule has 0 amide bonds. The molecule has 1 saturated heterocycles. The largest absolute Gasteiger partial charge is 0.355 e. The quantitative estimate of drug-likeness (QED) is 0.222. The van der Waals surface area contributed by atoms with Gasteiger partial charge in [-0.3, -0.25) is 9.30 Å². The number of aromatic nitrogens is 2. The molecule has 4 aromatic carbocycles. The number of nitriles is 1. The summed E-state index contributed by atoms with van der Waals surface area (Å²) in [5.74, 6) is 1.16. The van der Waals surface area contributed by atoms with E-state index in [0.717, 1.165) is 60.7 Å². The Morgan fingerprint density at radius 3 is 1.93 bits per heavy atom. The third kappa shape index (κ3) is 4.60. The van der Waals surface area contributed by atoms with E-state index in [4.69, 9.17) is 4.98 Å². The van der Waals surface area contributed by atoms with E-state index >= 15 is 0 Å². The van der Waals surface area contributed by atoms with Crippen molar-refractivity contribution in [1.29, 1.82) is 5.26 Å². The van der Waals surface area contributed by atoms with Gasteiger partial charge in [-0.25, -0.2) is 4.98 Å². The monoisotopic (exact) mass is 547 g/mol. The fraction of sp³-hybridized carbons (Fsp3) is 0.189. The molecule has 3 heterocycles. The van der Waals surface area contributed by atoms with E-state index in [-0.39, 0.29) is 6.04 Å². The molecule has 206 valence electrons. The van der Waals surface area contributed by atoms with Crippen molar-refractivity contribution in [1.82, 2.24) is 14.3 Å². The molecule has 0 spiro atoms. The first-order valence-electron chi connectivity index (χ1n) is 14.7. The molecule has 6 aromatic rings. The van der Waals surface area contributed by atoms with Gasteiger partial charge in [-0.2, -0.15) is 5.26 Å². The van der Waals surface area contributed by atoms with Gasteiger partial charge in [0.1, 0.15) is 11.9 Å². The number of hydrogen-bond donors (Lipinski definition) is 0. The number of nitrogens with zero attached hydrogens (tertiary/aromatic N) is 5. The van der Waals surface area contributed by atoms with Crippen molar-refractivity contribution < 1.29 is 0 Å². The second kappa shape index (κ2) is 11.2. The number of hydrogen-bond acceptors (Lipinski definition) is 4. The number of para-hydroxylation sites is 2. The summed E-state index contributed by atoms with van der Waals surface area (Å²) in [5, 5.41) is 10.3. The third-order valence-corrected chi connectivity index (χ3v) is 8.64. The van der Waals surface area contributed by atoms with E-state index in [9.17, 15) is 5.26 Å². The molecule has 0 bridgehead atoms. The lowest BCUT2D eigenvalue weighted by molar-refractivity contribution is 0.212. The number of fused-ring (bicyclic) bond motifs is 3. The molecular weight excluding hydrogens is 514 g/mol. The van der Waals surface area contributed by atoms with Crippen molar-refractivity contribution in [2.24, 2.45) is 0 Å². The van der Waals surface area contributed by atoms with Gasteiger partial charge >= 0.3 is 0 Å². The first-order valence-corrected chi connectivity index (χ1v) is 14.7. The smallest absolute Gasteiger partial charge is 0.157 e. The standard InChI is InChI=1S/C37H33N5/c1-27-31(25-28-13-5-2-6-14-28)37(42-34-20-12-11-19-33(34)39-36(42)32(27)26-38)41-23-21-40(22-24-41)35(29-15-7-3-8-16-29)30-17-9-4-10-18-30/h2-20,35H,21-25H2,1H3. The maximum Gasteiger partial charge on any atom is 0.157 e. The predicted molar refractivity (Wildman–Crippen MR) is 170 cm³/mol. The summed E-state index contributed by atoms with van der Waals surface area (Å²) in [6.07, 6.45) is 0.760. The van der Waals surface area contributed by atoms with Crippen LogP contribution in [0.1, 0.15) is 39.4 Å². The van der Waals surface area contributed by atoms with Crippen LogP contribution in [0.3, 0.4) is 0 Å².